The normalized spacial score (nSPS) is 10.1. The number of para-hydroxylation sites is 1. The maximum absolute atomic E-state index is 12.1. The largest absolute Gasteiger partial charge is 0.506 e. The zero-order valence-corrected chi connectivity index (χ0v) is 11.3. The highest BCUT2D eigenvalue weighted by atomic mass is 35.5. The van der Waals surface area contributed by atoms with E-state index in [1.165, 1.54) is 31.4 Å². The fraction of sp³-hybridized carbons (Fsp3) is 0.0714. The van der Waals surface area contributed by atoms with E-state index in [9.17, 15) is 15.0 Å². The summed E-state index contributed by atoms with van der Waals surface area (Å²) in [6.07, 6.45) is 0. The quantitative estimate of drug-likeness (QED) is 0.813. The predicted octanol–water partition coefficient (Wildman–Crippen LogP) is 3.01. The molecule has 2 aromatic carbocycles. The van der Waals surface area contributed by atoms with Crippen molar-refractivity contribution in [1.29, 1.82) is 0 Å². The summed E-state index contributed by atoms with van der Waals surface area (Å²) in [5.41, 5.74) is 0.429. The second kappa shape index (κ2) is 5.71. The van der Waals surface area contributed by atoms with Gasteiger partial charge in [-0.1, -0.05) is 17.7 Å². The lowest BCUT2D eigenvalue weighted by Crippen LogP contribution is -2.12. The molecule has 0 unspecified atom stereocenters. The molecule has 0 bridgehead atoms. The first kappa shape index (κ1) is 14.0. The van der Waals surface area contributed by atoms with E-state index in [0.29, 0.717) is 5.69 Å². The van der Waals surface area contributed by atoms with Gasteiger partial charge in [0.15, 0.2) is 11.5 Å². The Balaban J connectivity index is 2.26. The first-order valence-corrected chi connectivity index (χ1v) is 6.06. The Labute approximate surface area is 120 Å². The first-order chi connectivity index (χ1) is 9.52. The number of nitrogens with one attached hydrogen (secondary N) is 1. The van der Waals surface area contributed by atoms with Crippen LogP contribution in [0.25, 0.3) is 0 Å². The van der Waals surface area contributed by atoms with Crippen LogP contribution >= 0.6 is 11.6 Å². The van der Waals surface area contributed by atoms with Crippen molar-refractivity contribution >= 4 is 23.2 Å². The molecule has 0 heterocycles. The van der Waals surface area contributed by atoms with Crippen LogP contribution in [0.2, 0.25) is 5.02 Å². The number of anilines is 1. The SMILES string of the molecule is COc1cccc(C(=O)Nc2ccc(Cl)c(O)c2)c1O. The van der Waals surface area contributed by atoms with Gasteiger partial charge in [-0.05, 0) is 24.3 Å². The number of ether oxygens (including phenoxy) is 1. The van der Waals surface area contributed by atoms with E-state index in [1.807, 2.05) is 0 Å². The average molecular weight is 294 g/mol. The molecule has 2 aromatic rings. The molecule has 6 heteroatoms. The molecule has 0 radical (unpaired) electrons. The molecule has 0 aliphatic rings. The van der Waals surface area contributed by atoms with Crippen LogP contribution in [0.4, 0.5) is 5.69 Å². The maximum atomic E-state index is 12.1. The van der Waals surface area contributed by atoms with E-state index >= 15 is 0 Å². The molecule has 0 aliphatic heterocycles. The minimum absolute atomic E-state index is 0.0683. The first-order valence-electron chi connectivity index (χ1n) is 5.68. The Bertz CT molecular complexity index is 658. The third-order valence-electron chi connectivity index (χ3n) is 2.67. The summed E-state index contributed by atoms with van der Waals surface area (Å²) < 4.78 is 4.93. The van der Waals surface area contributed by atoms with Crippen LogP contribution in [0.5, 0.6) is 17.2 Å². The lowest BCUT2D eigenvalue weighted by molar-refractivity contribution is 0.102. The summed E-state index contributed by atoms with van der Waals surface area (Å²) in [6.45, 7) is 0. The van der Waals surface area contributed by atoms with E-state index in [-0.39, 0.29) is 27.8 Å². The third-order valence-corrected chi connectivity index (χ3v) is 2.99. The van der Waals surface area contributed by atoms with Crippen LogP contribution in [0.3, 0.4) is 0 Å². The Kier molecular flexibility index (Phi) is 4.00. The number of rotatable bonds is 3. The minimum Gasteiger partial charge on any atom is -0.506 e. The summed E-state index contributed by atoms with van der Waals surface area (Å²) in [5.74, 6) is -0.704. The van der Waals surface area contributed by atoms with Gasteiger partial charge >= 0.3 is 0 Å². The van der Waals surface area contributed by atoms with E-state index < -0.39 is 5.91 Å². The molecular formula is C14H12ClNO4. The summed E-state index contributed by atoms with van der Waals surface area (Å²) in [6, 6.07) is 8.91. The number of phenols is 2. The zero-order chi connectivity index (χ0) is 14.7. The number of benzene rings is 2. The lowest BCUT2D eigenvalue weighted by atomic mass is 10.1. The van der Waals surface area contributed by atoms with Crippen LogP contribution in [0.15, 0.2) is 36.4 Å². The van der Waals surface area contributed by atoms with Crippen LogP contribution in [-0.4, -0.2) is 23.2 Å². The molecule has 5 nitrogen and oxygen atoms in total. The van der Waals surface area contributed by atoms with Gasteiger partial charge in [-0.25, -0.2) is 0 Å². The van der Waals surface area contributed by atoms with Crippen LogP contribution in [0, 0.1) is 0 Å². The Morgan fingerprint density at radius 3 is 2.65 bits per heavy atom. The van der Waals surface area contributed by atoms with E-state index in [4.69, 9.17) is 16.3 Å². The highest BCUT2D eigenvalue weighted by Crippen LogP contribution is 2.31. The van der Waals surface area contributed by atoms with Gasteiger partial charge in [0, 0.05) is 11.8 Å². The second-order valence-electron chi connectivity index (χ2n) is 3.98. The molecule has 0 atom stereocenters. The van der Waals surface area contributed by atoms with E-state index in [0.717, 1.165) is 0 Å². The Morgan fingerprint density at radius 1 is 1.25 bits per heavy atom. The number of carbonyl (C=O) groups is 1. The standard InChI is InChI=1S/C14H12ClNO4/c1-20-12-4-2-3-9(13(12)18)14(19)16-8-5-6-10(15)11(17)7-8/h2-7,17-18H,1H3,(H,16,19). The fourth-order valence-corrected chi connectivity index (χ4v) is 1.78. The summed E-state index contributed by atoms with van der Waals surface area (Å²) in [4.78, 5) is 12.1. The number of hydrogen-bond donors (Lipinski definition) is 3. The van der Waals surface area contributed by atoms with Gasteiger partial charge in [-0.2, -0.15) is 0 Å². The fourth-order valence-electron chi connectivity index (χ4n) is 1.66. The number of halogens is 1. The van der Waals surface area contributed by atoms with Crippen molar-refractivity contribution in [1.82, 2.24) is 0 Å². The van der Waals surface area contributed by atoms with Gasteiger partial charge in [0.25, 0.3) is 5.91 Å². The van der Waals surface area contributed by atoms with Gasteiger partial charge in [-0.15, -0.1) is 0 Å². The number of amides is 1. The number of methoxy groups -OCH3 is 1. The smallest absolute Gasteiger partial charge is 0.259 e. The average Bonchev–Trinajstić information content (AvgIpc) is 2.43. The van der Waals surface area contributed by atoms with Crippen molar-refractivity contribution in [2.24, 2.45) is 0 Å². The molecule has 3 N–H and O–H groups in total. The monoisotopic (exact) mass is 293 g/mol. The van der Waals surface area contributed by atoms with Crippen LogP contribution in [-0.2, 0) is 0 Å². The van der Waals surface area contributed by atoms with Gasteiger partial charge in [0.05, 0.1) is 17.7 Å². The molecule has 0 aromatic heterocycles. The molecule has 20 heavy (non-hydrogen) atoms. The molecule has 0 saturated carbocycles. The summed E-state index contributed by atoms with van der Waals surface area (Å²) >= 11 is 5.68. The predicted molar refractivity (Wildman–Crippen MR) is 75.7 cm³/mol. The van der Waals surface area contributed by atoms with Gasteiger partial charge < -0.3 is 20.3 Å². The van der Waals surface area contributed by atoms with Crippen molar-refractivity contribution in [2.45, 2.75) is 0 Å². The molecule has 0 spiro atoms. The van der Waals surface area contributed by atoms with Crippen molar-refractivity contribution in [3.05, 3.63) is 47.0 Å². The highest BCUT2D eigenvalue weighted by molar-refractivity contribution is 6.32. The third kappa shape index (κ3) is 2.78. The van der Waals surface area contributed by atoms with Gasteiger partial charge in [0.1, 0.15) is 5.75 Å². The zero-order valence-electron chi connectivity index (χ0n) is 10.6. The summed E-state index contributed by atoms with van der Waals surface area (Å²) in [5, 5.41) is 22.1. The van der Waals surface area contributed by atoms with Gasteiger partial charge in [-0.3, -0.25) is 4.79 Å². The van der Waals surface area contributed by atoms with Crippen LogP contribution < -0.4 is 10.1 Å². The summed E-state index contributed by atoms with van der Waals surface area (Å²) in [7, 11) is 1.40. The van der Waals surface area contributed by atoms with E-state index in [2.05, 4.69) is 5.32 Å². The van der Waals surface area contributed by atoms with Crippen molar-refractivity contribution in [3.63, 3.8) is 0 Å². The topological polar surface area (TPSA) is 78.8 Å². The number of hydrogen-bond acceptors (Lipinski definition) is 4. The minimum atomic E-state index is -0.525. The van der Waals surface area contributed by atoms with E-state index in [1.54, 1.807) is 12.1 Å². The van der Waals surface area contributed by atoms with Crippen LogP contribution in [0.1, 0.15) is 10.4 Å². The molecular weight excluding hydrogens is 282 g/mol. The molecule has 0 aliphatic carbocycles. The molecule has 0 fully saturated rings. The van der Waals surface area contributed by atoms with Crippen molar-refractivity contribution in [2.75, 3.05) is 12.4 Å². The highest BCUT2D eigenvalue weighted by Gasteiger charge is 2.15. The molecule has 0 saturated heterocycles. The lowest BCUT2D eigenvalue weighted by Gasteiger charge is -2.10. The molecule has 104 valence electrons. The Hall–Kier alpha value is -2.40. The second-order valence-corrected chi connectivity index (χ2v) is 4.38. The number of aromatic hydroxyl groups is 2. The van der Waals surface area contributed by atoms with Crippen molar-refractivity contribution in [3.8, 4) is 17.2 Å². The van der Waals surface area contributed by atoms with Crippen molar-refractivity contribution < 1.29 is 19.7 Å². The number of phenolic OH excluding ortho intramolecular Hbond substituents is 2. The number of carbonyl (C=O) groups excluding carboxylic acids is 1. The van der Waals surface area contributed by atoms with Gasteiger partial charge in [0.2, 0.25) is 0 Å². The molecule has 1 amide bonds. The molecule has 2 rings (SSSR count). The maximum Gasteiger partial charge on any atom is 0.259 e. The Morgan fingerprint density at radius 2 is 2.00 bits per heavy atom.